The fraction of sp³-hybridized carbons (Fsp3) is 0.562. The second-order valence-electron chi connectivity index (χ2n) is 5.53. The van der Waals surface area contributed by atoms with Gasteiger partial charge in [-0.25, -0.2) is 9.97 Å². The molecule has 1 N–H and O–H groups in total. The summed E-state index contributed by atoms with van der Waals surface area (Å²) in [7, 11) is 3.87. The van der Waals surface area contributed by atoms with Crippen molar-refractivity contribution in [2.45, 2.75) is 39.7 Å². The lowest BCUT2D eigenvalue weighted by Gasteiger charge is -2.21. The molecule has 0 unspecified atom stereocenters. The number of aliphatic imine (C=N–C) groups is 1. The summed E-state index contributed by atoms with van der Waals surface area (Å²) in [5.74, 6) is 0.917. The Labute approximate surface area is 169 Å². The fourth-order valence-electron chi connectivity index (χ4n) is 2.30. The van der Waals surface area contributed by atoms with Gasteiger partial charge in [0.05, 0.1) is 22.3 Å². The van der Waals surface area contributed by atoms with E-state index in [1.807, 2.05) is 27.9 Å². The van der Waals surface area contributed by atoms with E-state index in [1.165, 1.54) is 5.01 Å². The zero-order chi connectivity index (χ0) is 16.7. The number of thiazole rings is 2. The van der Waals surface area contributed by atoms with Gasteiger partial charge in [0.25, 0.3) is 0 Å². The monoisotopic (exact) mass is 479 g/mol. The Morgan fingerprint density at radius 1 is 1.21 bits per heavy atom. The Morgan fingerprint density at radius 3 is 2.58 bits per heavy atom. The third kappa shape index (κ3) is 7.02. The van der Waals surface area contributed by atoms with Crippen molar-refractivity contribution in [3.05, 3.63) is 32.2 Å². The van der Waals surface area contributed by atoms with Gasteiger partial charge in [-0.05, 0) is 33.1 Å². The molecule has 0 radical (unpaired) electrons. The van der Waals surface area contributed by atoms with Crippen LogP contribution in [0.15, 0.2) is 15.8 Å². The van der Waals surface area contributed by atoms with Gasteiger partial charge in [-0.2, -0.15) is 0 Å². The van der Waals surface area contributed by atoms with Gasteiger partial charge in [-0.1, -0.05) is 0 Å². The van der Waals surface area contributed by atoms with Crippen LogP contribution in [0.25, 0.3) is 0 Å². The molecule has 0 atom stereocenters. The average molecular weight is 479 g/mol. The maximum Gasteiger partial charge on any atom is 0.193 e. The maximum atomic E-state index is 4.50. The highest BCUT2D eigenvalue weighted by molar-refractivity contribution is 14.0. The molecule has 8 heteroatoms. The van der Waals surface area contributed by atoms with Crippen LogP contribution in [0.1, 0.15) is 34.2 Å². The molecule has 0 aliphatic rings. The van der Waals surface area contributed by atoms with E-state index in [0.29, 0.717) is 0 Å². The zero-order valence-corrected chi connectivity index (χ0v) is 18.7. The molecule has 24 heavy (non-hydrogen) atoms. The number of nitrogens with one attached hydrogen (secondary N) is 1. The lowest BCUT2D eigenvalue weighted by molar-refractivity contribution is 0.469. The quantitative estimate of drug-likeness (QED) is 0.284. The number of aryl methyl sites for hydroxylation is 3. The third-order valence-corrected chi connectivity index (χ3v) is 5.25. The number of hydrogen-bond donors (Lipinski definition) is 1. The number of guanidine groups is 1. The predicted octanol–water partition coefficient (Wildman–Crippen LogP) is 3.86. The summed E-state index contributed by atoms with van der Waals surface area (Å²) in [5.41, 5.74) is 2.22. The van der Waals surface area contributed by atoms with Crippen LogP contribution in [0.3, 0.4) is 0 Å². The Morgan fingerprint density at radius 2 is 2.00 bits per heavy atom. The number of hydrogen-bond acceptors (Lipinski definition) is 5. The zero-order valence-electron chi connectivity index (χ0n) is 14.7. The average Bonchev–Trinajstić information content (AvgIpc) is 3.11. The van der Waals surface area contributed by atoms with Crippen molar-refractivity contribution in [1.29, 1.82) is 0 Å². The molecule has 2 rings (SSSR count). The number of unbranched alkanes of at least 4 members (excludes halogenated alkanes) is 1. The van der Waals surface area contributed by atoms with E-state index < -0.39 is 0 Å². The lowest BCUT2D eigenvalue weighted by Crippen LogP contribution is -2.39. The van der Waals surface area contributed by atoms with Gasteiger partial charge in [0.1, 0.15) is 0 Å². The predicted molar refractivity (Wildman–Crippen MR) is 115 cm³/mol. The Hall–Kier alpha value is -0.740. The normalized spacial score (nSPS) is 11.2. The van der Waals surface area contributed by atoms with Crippen molar-refractivity contribution in [2.75, 3.05) is 20.6 Å². The molecule has 0 saturated carbocycles. The number of aromatic nitrogens is 2. The molecule has 0 amide bonds. The molecule has 2 aromatic heterocycles. The van der Waals surface area contributed by atoms with Crippen LogP contribution in [-0.2, 0) is 13.0 Å². The highest BCUT2D eigenvalue weighted by Crippen LogP contribution is 2.12. The second kappa shape index (κ2) is 11.0. The summed E-state index contributed by atoms with van der Waals surface area (Å²) in [6.07, 6.45) is 3.32. The molecular weight excluding hydrogens is 453 g/mol. The minimum Gasteiger partial charge on any atom is -0.356 e. The minimum absolute atomic E-state index is 0. The first-order chi connectivity index (χ1) is 11.1. The summed E-state index contributed by atoms with van der Waals surface area (Å²) >= 11 is 3.44. The van der Waals surface area contributed by atoms with E-state index in [1.54, 1.807) is 22.7 Å². The number of halogens is 1. The van der Waals surface area contributed by atoms with Crippen LogP contribution < -0.4 is 5.32 Å². The van der Waals surface area contributed by atoms with E-state index in [0.717, 1.165) is 54.7 Å². The minimum atomic E-state index is 0. The molecule has 0 aliphatic heterocycles. The second-order valence-corrected chi connectivity index (χ2v) is 7.53. The van der Waals surface area contributed by atoms with Crippen molar-refractivity contribution in [3.8, 4) is 0 Å². The van der Waals surface area contributed by atoms with E-state index >= 15 is 0 Å². The summed E-state index contributed by atoms with van der Waals surface area (Å²) in [4.78, 5) is 15.5. The fourth-order valence-corrected chi connectivity index (χ4v) is 3.72. The van der Waals surface area contributed by atoms with Crippen LogP contribution in [0.4, 0.5) is 0 Å². The third-order valence-electron chi connectivity index (χ3n) is 3.41. The molecule has 0 fully saturated rings. The van der Waals surface area contributed by atoms with Crippen molar-refractivity contribution in [2.24, 2.45) is 4.99 Å². The van der Waals surface area contributed by atoms with Crippen molar-refractivity contribution < 1.29 is 0 Å². The molecule has 0 aliphatic carbocycles. The number of nitrogens with zero attached hydrogens (tertiary/aromatic N) is 4. The Bertz CT molecular complexity index is 638. The topological polar surface area (TPSA) is 53.4 Å². The molecule has 2 aromatic rings. The first kappa shape index (κ1) is 21.3. The van der Waals surface area contributed by atoms with Crippen LogP contribution in [0.5, 0.6) is 0 Å². The smallest absolute Gasteiger partial charge is 0.193 e. The van der Waals surface area contributed by atoms with Crippen LogP contribution in [0, 0.1) is 13.8 Å². The molecule has 134 valence electrons. The SMILES string of the molecule is CN=C(NCCCCc1nc(C)cs1)N(C)Cc1csc(C)n1.I. The van der Waals surface area contributed by atoms with Crippen LogP contribution in [0.2, 0.25) is 0 Å². The largest absolute Gasteiger partial charge is 0.356 e. The standard InChI is InChI=1S/C16H25N5S2.HI/c1-12-10-23-15(19-12)7-5-6-8-18-16(17-3)21(4)9-14-11-22-13(2)20-14;/h10-11H,5-9H2,1-4H3,(H,17,18);1H. The van der Waals surface area contributed by atoms with Crippen molar-refractivity contribution >= 4 is 52.6 Å². The van der Waals surface area contributed by atoms with Gasteiger partial charge >= 0.3 is 0 Å². The van der Waals surface area contributed by atoms with Crippen LogP contribution >= 0.6 is 46.7 Å². The van der Waals surface area contributed by atoms with Gasteiger partial charge in [0, 0.05) is 37.1 Å². The van der Waals surface area contributed by atoms with Crippen molar-refractivity contribution in [1.82, 2.24) is 20.2 Å². The van der Waals surface area contributed by atoms with E-state index in [9.17, 15) is 0 Å². The van der Waals surface area contributed by atoms with Gasteiger partial charge in [-0.15, -0.1) is 46.7 Å². The maximum absolute atomic E-state index is 4.50. The van der Waals surface area contributed by atoms with Gasteiger partial charge in [-0.3, -0.25) is 4.99 Å². The van der Waals surface area contributed by atoms with Gasteiger partial charge in [0.15, 0.2) is 5.96 Å². The Kier molecular flexibility index (Phi) is 9.75. The van der Waals surface area contributed by atoms with E-state index in [-0.39, 0.29) is 24.0 Å². The molecule has 0 bridgehead atoms. The molecule has 0 aromatic carbocycles. The summed E-state index contributed by atoms with van der Waals surface area (Å²) in [5, 5.41) is 9.99. The number of rotatable bonds is 7. The summed E-state index contributed by atoms with van der Waals surface area (Å²) < 4.78 is 0. The summed E-state index contributed by atoms with van der Waals surface area (Å²) in [6, 6.07) is 0. The lowest BCUT2D eigenvalue weighted by atomic mass is 10.2. The van der Waals surface area contributed by atoms with Gasteiger partial charge in [0.2, 0.25) is 0 Å². The Balaban J connectivity index is 0.00000288. The van der Waals surface area contributed by atoms with Crippen molar-refractivity contribution in [3.63, 3.8) is 0 Å². The molecule has 0 saturated heterocycles. The first-order valence-electron chi connectivity index (χ1n) is 7.82. The molecule has 2 heterocycles. The highest BCUT2D eigenvalue weighted by Gasteiger charge is 2.08. The van der Waals surface area contributed by atoms with Gasteiger partial charge < -0.3 is 10.2 Å². The molecular formula is C16H26IN5S2. The molecule has 5 nitrogen and oxygen atoms in total. The highest BCUT2D eigenvalue weighted by atomic mass is 127. The van der Waals surface area contributed by atoms with E-state index in [4.69, 9.17) is 0 Å². The van der Waals surface area contributed by atoms with Crippen LogP contribution in [-0.4, -0.2) is 41.5 Å². The first-order valence-corrected chi connectivity index (χ1v) is 9.58. The van der Waals surface area contributed by atoms with E-state index in [2.05, 4.69) is 35.9 Å². The molecule has 0 spiro atoms. The summed E-state index contributed by atoms with van der Waals surface area (Å²) in [6.45, 7) is 5.79.